The van der Waals surface area contributed by atoms with Gasteiger partial charge in [0.1, 0.15) is 0 Å². The summed E-state index contributed by atoms with van der Waals surface area (Å²) in [6, 6.07) is 13.4. The summed E-state index contributed by atoms with van der Waals surface area (Å²) in [7, 11) is -0.709. The van der Waals surface area contributed by atoms with E-state index in [1.807, 2.05) is 0 Å². The highest BCUT2D eigenvalue weighted by Gasteiger charge is 2.53. The van der Waals surface area contributed by atoms with Crippen LogP contribution in [0.2, 0.25) is 0 Å². The van der Waals surface area contributed by atoms with Crippen LogP contribution in [0.3, 0.4) is 0 Å². The molecular formula is C29H37B2NO4. The minimum absolute atomic E-state index is 0.347. The third-order valence-corrected chi connectivity index (χ3v) is 9.31. The SMILES string of the molecule is CCn1c2c(c3cc(B4OC(C)(C)C(C)(C)O4)ccc31)Cc1cc(B3OC(C)(C)C(C)(C)O3)ccc1-2. The fraction of sp³-hybridized carbons (Fsp3) is 0.517. The topological polar surface area (TPSA) is 41.9 Å². The van der Waals surface area contributed by atoms with Crippen LogP contribution in [0.4, 0.5) is 0 Å². The van der Waals surface area contributed by atoms with E-state index in [2.05, 4.69) is 103 Å². The molecule has 1 aromatic heterocycles. The number of aromatic nitrogens is 1. The Balaban J connectivity index is 1.38. The van der Waals surface area contributed by atoms with Crippen molar-refractivity contribution in [2.24, 2.45) is 0 Å². The molecule has 3 aromatic rings. The molecule has 0 bridgehead atoms. The summed E-state index contributed by atoms with van der Waals surface area (Å²) in [5, 5.41) is 1.28. The van der Waals surface area contributed by atoms with Gasteiger partial charge in [-0.2, -0.15) is 0 Å². The van der Waals surface area contributed by atoms with Crippen LogP contribution in [-0.2, 0) is 31.6 Å². The minimum Gasteiger partial charge on any atom is -0.399 e. The van der Waals surface area contributed by atoms with Crippen molar-refractivity contribution in [1.82, 2.24) is 4.57 Å². The van der Waals surface area contributed by atoms with Gasteiger partial charge in [-0.05, 0) is 90.4 Å². The molecule has 0 amide bonds. The summed E-state index contributed by atoms with van der Waals surface area (Å²) in [5.74, 6) is 0. The molecule has 3 heterocycles. The van der Waals surface area contributed by atoms with Crippen molar-refractivity contribution in [2.75, 3.05) is 0 Å². The third-order valence-electron chi connectivity index (χ3n) is 9.31. The van der Waals surface area contributed by atoms with Gasteiger partial charge in [0.05, 0.1) is 28.1 Å². The standard InChI is InChI=1S/C29H37B2NO4/c1-10-32-24-14-12-20(31-35-28(6,7)29(8,9)36-31)17-22(24)23-16-18-15-19(11-13-21(18)25(23)32)30-33-26(2,3)27(4,5)34-30/h11-15,17H,10,16H2,1-9H3. The van der Waals surface area contributed by atoms with Gasteiger partial charge in [-0.1, -0.05) is 30.3 Å². The van der Waals surface area contributed by atoms with E-state index in [0.717, 1.165) is 23.9 Å². The Kier molecular flexibility index (Phi) is 5.06. The van der Waals surface area contributed by atoms with Crippen LogP contribution in [-0.4, -0.2) is 41.2 Å². The maximum Gasteiger partial charge on any atom is 0.494 e. The summed E-state index contributed by atoms with van der Waals surface area (Å²) in [6.45, 7) is 20.0. The van der Waals surface area contributed by atoms with Gasteiger partial charge in [0.25, 0.3) is 0 Å². The number of hydrogen-bond donors (Lipinski definition) is 0. The van der Waals surface area contributed by atoms with Crippen LogP contribution in [0.15, 0.2) is 36.4 Å². The molecule has 0 unspecified atom stereocenters. The number of aryl methyl sites for hydroxylation is 1. The molecule has 2 saturated heterocycles. The van der Waals surface area contributed by atoms with Crippen LogP contribution < -0.4 is 10.9 Å². The lowest BCUT2D eigenvalue weighted by Crippen LogP contribution is -2.41. The largest absolute Gasteiger partial charge is 0.494 e. The van der Waals surface area contributed by atoms with Crippen molar-refractivity contribution in [3.8, 4) is 11.3 Å². The van der Waals surface area contributed by atoms with Gasteiger partial charge in [0.2, 0.25) is 0 Å². The molecular weight excluding hydrogens is 448 g/mol. The monoisotopic (exact) mass is 485 g/mol. The molecule has 7 heteroatoms. The van der Waals surface area contributed by atoms with Crippen LogP contribution in [0.25, 0.3) is 22.2 Å². The van der Waals surface area contributed by atoms with E-state index >= 15 is 0 Å². The lowest BCUT2D eigenvalue weighted by atomic mass is 9.77. The van der Waals surface area contributed by atoms with Crippen LogP contribution >= 0.6 is 0 Å². The van der Waals surface area contributed by atoms with E-state index in [-0.39, 0.29) is 36.6 Å². The number of nitrogens with zero attached hydrogens (tertiary/aromatic N) is 1. The Hall–Kier alpha value is -2.05. The highest BCUT2D eigenvalue weighted by Crippen LogP contribution is 2.44. The quantitative estimate of drug-likeness (QED) is 0.390. The van der Waals surface area contributed by atoms with Crippen molar-refractivity contribution in [3.05, 3.63) is 47.5 Å². The number of rotatable bonds is 3. The maximum atomic E-state index is 6.36. The van der Waals surface area contributed by atoms with Gasteiger partial charge in [-0.25, -0.2) is 0 Å². The van der Waals surface area contributed by atoms with Gasteiger partial charge in [0, 0.05) is 29.4 Å². The van der Waals surface area contributed by atoms with Crippen molar-refractivity contribution in [2.45, 2.75) is 97.7 Å². The average Bonchev–Trinajstić information content (AvgIpc) is 3.43. The van der Waals surface area contributed by atoms with E-state index in [4.69, 9.17) is 18.6 Å². The second kappa shape index (κ2) is 7.50. The Morgan fingerprint density at radius 2 is 1.22 bits per heavy atom. The molecule has 2 fully saturated rings. The molecule has 2 aliphatic heterocycles. The Morgan fingerprint density at radius 1 is 0.722 bits per heavy atom. The van der Waals surface area contributed by atoms with E-state index in [1.165, 1.54) is 33.3 Å². The lowest BCUT2D eigenvalue weighted by molar-refractivity contribution is 0.00578. The zero-order chi connectivity index (χ0) is 25.8. The zero-order valence-corrected chi connectivity index (χ0v) is 23.1. The Labute approximate surface area is 215 Å². The number of fused-ring (bicyclic) bond motifs is 5. The molecule has 36 heavy (non-hydrogen) atoms. The molecule has 5 nitrogen and oxygen atoms in total. The zero-order valence-electron chi connectivity index (χ0n) is 23.1. The van der Waals surface area contributed by atoms with Crippen LogP contribution in [0, 0.1) is 0 Å². The first-order valence-corrected chi connectivity index (χ1v) is 13.2. The van der Waals surface area contributed by atoms with Crippen LogP contribution in [0.5, 0.6) is 0 Å². The lowest BCUT2D eigenvalue weighted by Gasteiger charge is -2.32. The number of benzene rings is 2. The third kappa shape index (κ3) is 3.32. The molecule has 0 N–H and O–H groups in total. The highest BCUT2D eigenvalue weighted by molar-refractivity contribution is 6.62. The summed E-state index contributed by atoms with van der Waals surface area (Å²) in [5.41, 5.74) is 7.36. The van der Waals surface area contributed by atoms with E-state index in [9.17, 15) is 0 Å². The molecule has 6 rings (SSSR count). The van der Waals surface area contributed by atoms with Crippen molar-refractivity contribution >= 4 is 36.1 Å². The van der Waals surface area contributed by atoms with Gasteiger partial charge in [0.15, 0.2) is 0 Å². The van der Waals surface area contributed by atoms with Crippen LogP contribution in [0.1, 0.15) is 73.4 Å². The summed E-state index contributed by atoms with van der Waals surface area (Å²) in [4.78, 5) is 0. The molecule has 0 radical (unpaired) electrons. The van der Waals surface area contributed by atoms with Crippen molar-refractivity contribution < 1.29 is 18.6 Å². The van der Waals surface area contributed by atoms with Gasteiger partial charge >= 0.3 is 14.2 Å². The van der Waals surface area contributed by atoms with Gasteiger partial charge in [-0.15, -0.1) is 0 Å². The molecule has 0 saturated carbocycles. The second-order valence-electron chi connectivity index (χ2n) is 12.6. The molecule has 0 atom stereocenters. The Morgan fingerprint density at radius 3 is 1.75 bits per heavy atom. The predicted molar refractivity (Wildman–Crippen MR) is 147 cm³/mol. The van der Waals surface area contributed by atoms with Crippen molar-refractivity contribution in [1.29, 1.82) is 0 Å². The van der Waals surface area contributed by atoms with E-state index in [0.29, 0.717) is 0 Å². The van der Waals surface area contributed by atoms with Gasteiger partial charge in [-0.3, -0.25) is 0 Å². The highest BCUT2D eigenvalue weighted by atomic mass is 16.7. The van der Waals surface area contributed by atoms with E-state index in [1.54, 1.807) is 0 Å². The predicted octanol–water partition coefficient (Wildman–Crippen LogP) is 4.83. The Bertz CT molecular complexity index is 1360. The molecule has 2 aromatic carbocycles. The first kappa shape index (κ1) is 24.3. The van der Waals surface area contributed by atoms with Gasteiger partial charge < -0.3 is 23.2 Å². The minimum atomic E-state index is -0.362. The smallest absolute Gasteiger partial charge is 0.399 e. The first-order chi connectivity index (χ1) is 16.7. The molecule has 188 valence electrons. The normalized spacial score (nSPS) is 22.9. The number of hydrogen-bond acceptors (Lipinski definition) is 4. The molecule has 3 aliphatic rings. The van der Waals surface area contributed by atoms with Crippen molar-refractivity contribution in [3.63, 3.8) is 0 Å². The summed E-state index contributed by atoms with van der Waals surface area (Å²) in [6.07, 6.45) is 0.897. The van der Waals surface area contributed by atoms with E-state index < -0.39 is 0 Å². The molecule has 1 aliphatic carbocycles. The fourth-order valence-corrected chi connectivity index (χ4v) is 5.69. The molecule has 0 spiro atoms. The summed E-state index contributed by atoms with van der Waals surface area (Å²) < 4.78 is 27.8. The first-order valence-electron chi connectivity index (χ1n) is 13.2. The average molecular weight is 485 g/mol. The maximum absolute atomic E-state index is 6.36. The fourth-order valence-electron chi connectivity index (χ4n) is 5.69. The summed E-state index contributed by atoms with van der Waals surface area (Å²) >= 11 is 0. The second-order valence-corrected chi connectivity index (χ2v) is 12.6.